The van der Waals surface area contributed by atoms with Crippen molar-refractivity contribution >= 4 is 29.6 Å². The van der Waals surface area contributed by atoms with Crippen LogP contribution in [0.2, 0.25) is 0 Å². The summed E-state index contributed by atoms with van der Waals surface area (Å²) < 4.78 is 45.5. The monoisotopic (exact) mass is 294 g/mol. The Bertz CT molecular complexity index is 616. The summed E-state index contributed by atoms with van der Waals surface area (Å²) in [4.78, 5) is 0.151. The van der Waals surface area contributed by atoms with Crippen LogP contribution >= 0.6 is 10.7 Å². The molecule has 0 heterocycles. The second-order valence-electron chi connectivity index (χ2n) is 4.18. The molecular weight excluding hydrogens is 284 g/mol. The van der Waals surface area contributed by atoms with Crippen molar-refractivity contribution in [1.82, 2.24) is 0 Å². The lowest BCUT2D eigenvalue weighted by Crippen LogP contribution is -2.30. The molecular formula is C10H11ClO4S2. The first-order valence-corrected chi connectivity index (χ1v) is 8.95. The molecule has 0 saturated heterocycles. The fourth-order valence-electron chi connectivity index (χ4n) is 1.79. The molecule has 0 spiro atoms. The Morgan fingerprint density at radius 3 is 2.00 bits per heavy atom. The van der Waals surface area contributed by atoms with Crippen LogP contribution in [0.4, 0.5) is 0 Å². The number of hydrogen-bond donors (Lipinski definition) is 0. The van der Waals surface area contributed by atoms with Gasteiger partial charge in [-0.2, -0.15) is 0 Å². The van der Waals surface area contributed by atoms with E-state index >= 15 is 0 Å². The summed E-state index contributed by atoms with van der Waals surface area (Å²) >= 11 is 0. The third-order valence-corrected chi connectivity index (χ3v) is 6.86. The first-order valence-electron chi connectivity index (χ1n) is 4.99. The Kier molecular flexibility index (Phi) is 3.00. The van der Waals surface area contributed by atoms with Gasteiger partial charge < -0.3 is 0 Å². The maximum Gasteiger partial charge on any atom is 0.234 e. The summed E-state index contributed by atoms with van der Waals surface area (Å²) in [6, 6.07) is 7.86. The third kappa shape index (κ3) is 2.48. The van der Waals surface area contributed by atoms with Gasteiger partial charge in [0, 0.05) is 10.7 Å². The van der Waals surface area contributed by atoms with Crippen LogP contribution in [0.5, 0.6) is 0 Å². The highest BCUT2D eigenvalue weighted by atomic mass is 35.7. The SMILES string of the molecule is O=S(=O)(Cl)CC1(S(=O)(=O)c2ccccc2)CC1. The predicted molar refractivity (Wildman–Crippen MR) is 65.2 cm³/mol. The zero-order chi connectivity index (χ0) is 12.7. The lowest BCUT2D eigenvalue weighted by molar-refractivity contribution is 0.575. The van der Waals surface area contributed by atoms with E-state index in [2.05, 4.69) is 0 Å². The molecule has 1 aliphatic carbocycles. The van der Waals surface area contributed by atoms with Gasteiger partial charge in [0.1, 0.15) is 0 Å². The summed E-state index contributed by atoms with van der Waals surface area (Å²) in [7, 11) is -2.28. The van der Waals surface area contributed by atoms with Crippen molar-refractivity contribution in [2.75, 3.05) is 5.75 Å². The number of rotatable bonds is 4. The average Bonchev–Trinajstić information content (AvgIpc) is 2.98. The molecule has 0 atom stereocenters. The van der Waals surface area contributed by atoms with E-state index in [4.69, 9.17) is 10.7 Å². The molecule has 94 valence electrons. The fourth-order valence-corrected chi connectivity index (χ4v) is 6.27. The Labute approximate surface area is 105 Å². The van der Waals surface area contributed by atoms with Gasteiger partial charge in [-0.3, -0.25) is 0 Å². The zero-order valence-corrected chi connectivity index (χ0v) is 11.2. The first kappa shape index (κ1) is 12.9. The Hall–Kier alpha value is -0.590. The molecule has 17 heavy (non-hydrogen) atoms. The highest BCUT2D eigenvalue weighted by Gasteiger charge is 2.57. The molecule has 2 rings (SSSR count). The summed E-state index contributed by atoms with van der Waals surface area (Å²) in [6.07, 6.45) is 0.687. The lowest BCUT2D eigenvalue weighted by Gasteiger charge is -2.14. The van der Waals surface area contributed by atoms with Gasteiger partial charge >= 0.3 is 0 Å². The minimum absolute atomic E-state index is 0.151. The van der Waals surface area contributed by atoms with Gasteiger partial charge in [-0.25, -0.2) is 16.8 Å². The van der Waals surface area contributed by atoms with E-state index in [0.717, 1.165) is 0 Å². The Morgan fingerprint density at radius 1 is 1.06 bits per heavy atom. The molecule has 0 unspecified atom stereocenters. The van der Waals surface area contributed by atoms with E-state index in [1.165, 1.54) is 12.1 Å². The molecule has 0 aromatic heterocycles. The summed E-state index contributed by atoms with van der Waals surface area (Å²) in [5.41, 5.74) is 0. The van der Waals surface area contributed by atoms with Crippen molar-refractivity contribution in [3.8, 4) is 0 Å². The van der Waals surface area contributed by atoms with E-state index in [0.29, 0.717) is 12.8 Å². The van der Waals surface area contributed by atoms with Crippen molar-refractivity contribution in [3.63, 3.8) is 0 Å². The van der Waals surface area contributed by atoms with Crippen LogP contribution in [-0.2, 0) is 18.9 Å². The van der Waals surface area contributed by atoms with E-state index in [1.54, 1.807) is 18.2 Å². The quantitative estimate of drug-likeness (QED) is 0.790. The van der Waals surface area contributed by atoms with Crippen LogP contribution in [0.3, 0.4) is 0 Å². The predicted octanol–water partition coefficient (Wildman–Crippen LogP) is 1.56. The highest BCUT2D eigenvalue weighted by molar-refractivity contribution is 8.14. The van der Waals surface area contributed by atoms with Gasteiger partial charge in [-0.15, -0.1) is 0 Å². The van der Waals surface area contributed by atoms with Gasteiger partial charge in [0.25, 0.3) is 0 Å². The maximum absolute atomic E-state index is 12.3. The molecule has 1 aliphatic rings. The topological polar surface area (TPSA) is 68.3 Å². The number of sulfone groups is 1. The number of hydrogen-bond acceptors (Lipinski definition) is 4. The molecule has 0 amide bonds. The molecule has 1 fully saturated rings. The molecule has 1 aromatic rings. The zero-order valence-electron chi connectivity index (χ0n) is 8.84. The molecule has 0 N–H and O–H groups in total. The van der Waals surface area contributed by atoms with E-state index < -0.39 is 29.4 Å². The smallest absolute Gasteiger partial charge is 0.223 e. The van der Waals surface area contributed by atoms with Gasteiger partial charge in [0.15, 0.2) is 9.84 Å². The van der Waals surface area contributed by atoms with Crippen molar-refractivity contribution in [1.29, 1.82) is 0 Å². The van der Waals surface area contributed by atoms with Crippen molar-refractivity contribution < 1.29 is 16.8 Å². The molecule has 7 heteroatoms. The molecule has 0 bridgehead atoms. The molecule has 0 aliphatic heterocycles. The maximum atomic E-state index is 12.3. The van der Waals surface area contributed by atoms with Crippen LogP contribution < -0.4 is 0 Å². The van der Waals surface area contributed by atoms with Crippen LogP contribution in [0, 0.1) is 0 Å². The van der Waals surface area contributed by atoms with Crippen LogP contribution in [0.1, 0.15) is 12.8 Å². The van der Waals surface area contributed by atoms with E-state index in [1.807, 2.05) is 0 Å². The molecule has 1 aromatic carbocycles. The van der Waals surface area contributed by atoms with Gasteiger partial charge in [0.2, 0.25) is 9.05 Å². The largest absolute Gasteiger partial charge is 0.234 e. The van der Waals surface area contributed by atoms with Crippen molar-refractivity contribution in [2.45, 2.75) is 22.5 Å². The van der Waals surface area contributed by atoms with Crippen LogP contribution in [0.15, 0.2) is 35.2 Å². The molecule has 0 radical (unpaired) electrons. The van der Waals surface area contributed by atoms with Crippen LogP contribution in [0.25, 0.3) is 0 Å². The third-order valence-electron chi connectivity index (χ3n) is 2.87. The normalized spacial score (nSPS) is 18.9. The van der Waals surface area contributed by atoms with E-state index in [9.17, 15) is 16.8 Å². The second-order valence-corrected chi connectivity index (χ2v) is 9.30. The minimum atomic E-state index is -3.82. The Balaban J connectivity index is 2.41. The summed E-state index contributed by atoms with van der Waals surface area (Å²) in [6.45, 7) is 0. The average molecular weight is 295 g/mol. The number of halogens is 1. The van der Waals surface area contributed by atoms with Gasteiger partial charge in [-0.05, 0) is 25.0 Å². The van der Waals surface area contributed by atoms with Crippen molar-refractivity contribution in [2.24, 2.45) is 0 Å². The van der Waals surface area contributed by atoms with Gasteiger partial charge in [0.05, 0.1) is 15.4 Å². The second kappa shape index (κ2) is 3.96. The minimum Gasteiger partial charge on any atom is -0.223 e. The lowest BCUT2D eigenvalue weighted by atomic mass is 10.4. The Morgan fingerprint density at radius 2 is 1.59 bits per heavy atom. The fraction of sp³-hybridized carbons (Fsp3) is 0.400. The summed E-state index contributed by atoms with van der Waals surface area (Å²) in [5, 5.41) is 0. The highest BCUT2D eigenvalue weighted by Crippen LogP contribution is 2.48. The standard InChI is InChI=1S/C10H11ClO4S2/c11-16(12,13)8-10(6-7-10)17(14,15)9-4-2-1-3-5-9/h1-5H,6-8H2. The molecule has 4 nitrogen and oxygen atoms in total. The van der Waals surface area contributed by atoms with Gasteiger partial charge in [-0.1, -0.05) is 18.2 Å². The van der Waals surface area contributed by atoms with Crippen LogP contribution in [-0.4, -0.2) is 27.3 Å². The van der Waals surface area contributed by atoms with E-state index in [-0.39, 0.29) is 4.90 Å². The number of benzene rings is 1. The molecule has 1 saturated carbocycles. The first-order chi connectivity index (χ1) is 7.77. The van der Waals surface area contributed by atoms with Crippen molar-refractivity contribution in [3.05, 3.63) is 30.3 Å². The summed E-state index contributed by atoms with van der Waals surface area (Å²) in [5.74, 6) is -0.515.